The molecular weight excluding hydrogens is 350 g/mol. The summed E-state index contributed by atoms with van der Waals surface area (Å²) in [5.74, 6) is 2.01. The van der Waals surface area contributed by atoms with Crippen LogP contribution in [0, 0.1) is 5.92 Å². The first-order valence-corrected chi connectivity index (χ1v) is 9.83. The molecule has 0 saturated carbocycles. The van der Waals surface area contributed by atoms with Gasteiger partial charge in [0.05, 0.1) is 6.20 Å². The molecule has 146 valence electrons. The first-order valence-electron chi connectivity index (χ1n) is 9.83. The van der Waals surface area contributed by atoms with Gasteiger partial charge in [0, 0.05) is 30.8 Å². The fourth-order valence-electron chi connectivity index (χ4n) is 3.64. The average molecular weight is 377 g/mol. The van der Waals surface area contributed by atoms with Crippen LogP contribution in [0.1, 0.15) is 50.0 Å². The number of anilines is 2. The van der Waals surface area contributed by atoms with E-state index in [2.05, 4.69) is 48.0 Å². The zero-order valence-electron chi connectivity index (χ0n) is 16.9. The van der Waals surface area contributed by atoms with Crippen LogP contribution in [0.3, 0.4) is 0 Å². The lowest BCUT2D eigenvalue weighted by Gasteiger charge is -2.20. The molecule has 1 fully saturated rings. The number of carbonyl (C=O) groups is 1. The number of carbonyl (C=O) groups excluding carboxylic acids is 1. The topological polar surface area (TPSA) is 62.5 Å². The normalized spacial score (nSPS) is 17.3. The number of rotatable bonds is 3. The molecule has 0 bridgehead atoms. The standard InChI is InChI=1S/C22H27N5O/c1-15-10-12-26(14-15)20-13-18(24-19-9-11-23-27(19)20)25-21(28)16-5-7-17(8-6-16)22(2,3)4/h5-9,11,13,15H,10,12,14H2,1-4H3,(H,24,25,28). The van der Waals surface area contributed by atoms with Gasteiger partial charge >= 0.3 is 0 Å². The Kier molecular flexibility index (Phi) is 4.57. The molecule has 1 N–H and O–H groups in total. The molecule has 0 spiro atoms. The zero-order valence-corrected chi connectivity index (χ0v) is 16.9. The van der Waals surface area contributed by atoms with E-state index >= 15 is 0 Å². The second-order valence-corrected chi connectivity index (χ2v) is 8.72. The summed E-state index contributed by atoms with van der Waals surface area (Å²) in [4.78, 5) is 19.6. The number of nitrogens with zero attached hydrogens (tertiary/aromatic N) is 4. The fourth-order valence-corrected chi connectivity index (χ4v) is 3.64. The molecule has 1 saturated heterocycles. The summed E-state index contributed by atoms with van der Waals surface area (Å²) < 4.78 is 1.84. The van der Waals surface area contributed by atoms with Crippen LogP contribution in [0.4, 0.5) is 11.6 Å². The second kappa shape index (κ2) is 6.93. The maximum Gasteiger partial charge on any atom is 0.256 e. The Hall–Kier alpha value is -2.89. The Morgan fingerprint density at radius 3 is 2.57 bits per heavy atom. The summed E-state index contributed by atoms with van der Waals surface area (Å²) >= 11 is 0. The van der Waals surface area contributed by atoms with Crippen LogP contribution in [0.2, 0.25) is 0 Å². The highest BCUT2D eigenvalue weighted by atomic mass is 16.1. The van der Waals surface area contributed by atoms with Gasteiger partial charge in [0.2, 0.25) is 0 Å². The van der Waals surface area contributed by atoms with Gasteiger partial charge in [0.15, 0.2) is 5.65 Å². The summed E-state index contributed by atoms with van der Waals surface area (Å²) in [5, 5.41) is 7.35. The van der Waals surface area contributed by atoms with Gasteiger partial charge in [-0.15, -0.1) is 0 Å². The van der Waals surface area contributed by atoms with E-state index in [0.717, 1.165) is 31.0 Å². The maximum atomic E-state index is 12.7. The molecule has 28 heavy (non-hydrogen) atoms. The fraction of sp³-hybridized carbons (Fsp3) is 0.409. The third-order valence-corrected chi connectivity index (χ3v) is 5.34. The molecule has 0 aliphatic carbocycles. The van der Waals surface area contributed by atoms with Crippen molar-refractivity contribution in [2.75, 3.05) is 23.3 Å². The van der Waals surface area contributed by atoms with Gasteiger partial charge in [0.1, 0.15) is 11.6 Å². The second-order valence-electron chi connectivity index (χ2n) is 8.72. The van der Waals surface area contributed by atoms with Gasteiger partial charge in [-0.25, -0.2) is 4.98 Å². The molecule has 0 radical (unpaired) electrons. The van der Waals surface area contributed by atoms with Crippen molar-refractivity contribution < 1.29 is 4.79 Å². The summed E-state index contributed by atoms with van der Waals surface area (Å²) in [6.45, 7) is 10.7. The minimum atomic E-state index is -0.155. The van der Waals surface area contributed by atoms with Gasteiger partial charge in [-0.05, 0) is 35.4 Å². The third-order valence-electron chi connectivity index (χ3n) is 5.34. The molecular formula is C22H27N5O. The highest BCUT2D eigenvalue weighted by Gasteiger charge is 2.22. The Morgan fingerprint density at radius 1 is 1.18 bits per heavy atom. The molecule has 2 aromatic heterocycles. The lowest BCUT2D eigenvalue weighted by Crippen LogP contribution is -2.23. The Morgan fingerprint density at radius 2 is 1.93 bits per heavy atom. The predicted octanol–water partition coefficient (Wildman–Crippen LogP) is 4.13. The molecule has 1 atom stereocenters. The number of nitrogens with one attached hydrogen (secondary N) is 1. The molecule has 1 aliphatic heterocycles. The number of aromatic nitrogens is 3. The van der Waals surface area contributed by atoms with Crippen molar-refractivity contribution in [3.63, 3.8) is 0 Å². The van der Waals surface area contributed by atoms with Crippen molar-refractivity contribution >= 4 is 23.2 Å². The van der Waals surface area contributed by atoms with E-state index in [4.69, 9.17) is 0 Å². The highest BCUT2D eigenvalue weighted by Crippen LogP contribution is 2.26. The quantitative estimate of drug-likeness (QED) is 0.746. The number of benzene rings is 1. The number of hydrogen-bond acceptors (Lipinski definition) is 4. The Bertz CT molecular complexity index is 1000. The van der Waals surface area contributed by atoms with Gasteiger partial charge in [-0.1, -0.05) is 39.8 Å². The smallest absolute Gasteiger partial charge is 0.256 e. The van der Waals surface area contributed by atoms with Crippen LogP contribution in [0.5, 0.6) is 0 Å². The van der Waals surface area contributed by atoms with E-state index in [1.807, 2.05) is 40.9 Å². The van der Waals surface area contributed by atoms with Gasteiger partial charge in [-0.3, -0.25) is 4.79 Å². The van der Waals surface area contributed by atoms with E-state index in [9.17, 15) is 4.79 Å². The minimum Gasteiger partial charge on any atom is -0.356 e. The monoisotopic (exact) mass is 377 g/mol. The third kappa shape index (κ3) is 3.59. The SMILES string of the molecule is CC1CCN(c2cc(NC(=O)c3ccc(C(C)(C)C)cc3)nc3ccnn23)C1. The largest absolute Gasteiger partial charge is 0.356 e. The first-order chi connectivity index (χ1) is 13.3. The summed E-state index contributed by atoms with van der Waals surface area (Å²) in [6, 6.07) is 11.5. The summed E-state index contributed by atoms with van der Waals surface area (Å²) in [5.41, 5.74) is 2.62. The first kappa shape index (κ1) is 18.5. The molecule has 3 heterocycles. The lowest BCUT2D eigenvalue weighted by atomic mass is 9.87. The van der Waals surface area contributed by atoms with Crippen LogP contribution >= 0.6 is 0 Å². The summed E-state index contributed by atoms with van der Waals surface area (Å²) in [7, 11) is 0. The number of amides is 1. The molecule has 1 aliphatic rings. The van der Waals surface area contributed by atoms with Crippen LogP contribution in [0.25, 0.3) is 5.65 Å². The molecule has 1 amide bonds. The molecule has 1 aromatic carbocycles. The van der Waals surface area contributed by atoms with Crippen molar-refractivity contribution in [3.05, 3.63) is 53.7 Å². The molecule has 6 heteroatoms. The minimum absolute atomic E-state index is 0.0609. The predicted molar refractivity (Wildman–Crippen MR) is 112 cm³/mol. The van der Waals surface area contributed by atoms with Crippen molar-refractivity contribution in [1.29, 1.82) is 0 Å². The van der Waals surface area contributed by atoms with E-state index in [1.165, 1.54) is 5.56 Å². The highest BCUT2D eigenvalue weighted by molar-refractivity contribution is 6.04. The van der Waals surface area contributed by atoms with Crippen molar-refractivity contribution in [3.8, 4) is 0 Å². The van der Waals surface area contributed by atoms with E-state index in [0.29, 0.717) is 17.3 Å². The zero-order chi connectivity index (χ0) is 19.9. The van der Waals surface area contributed by atoms with Crippen LogP contribution < -0.4 is 10.2 Å². The molecule has 6 nitrogen and oxygen atoms in total. The van der Waals surface area contributed by atoms with E-state index in [1.54, 1.807) is 6.20 Å². The van der Waals surface area contributed by atoms with Gasteiger partial charge < -0.3 is 10.2 Å². The Balaban J connectivity index is 1.60. The van der Waals surface area contributed by atoms with Gasteiger partial charge in [-0.2, -0.15) is 9.61 Å². The summed E-state index contributed by atoms with van der Waals surface area (Å²) in [6.07, 6.45) is 2.90. The Labute approximate surface area is 165 Å². The molecule has 3 aromatic rings. The lowest BCUT2D eigenvalue weighted by molar-refractivity contribution is 0.102. The number of hydrogen-bond donors (Lipinski definition) is 1. The van der Waals surface area contributed by atoms with Gasteiger partial charge in [0.25, 0.3) is 5.91 Å². The molecule has 4 rings (SSSR count). The van der Waals surface area contributed by atoms with Crippen molar-refractivity contribution in [2.45, 2.75) is 39.5 Å². The van der Waals surface area contributed by atoms with Crippen LogP contribution in [-0.2, 0) is 5.41 Å². The van der Waals surface area contributed by atoms with E-state index in [-0.39, 0.29) is 11.3 Å². The van der Waals surface area contributed by atoms with Crippen molar-refractivity contribution in [1.82, 2.24) is 14.6 Å². The van der Waals surface area contributed by atoms with Crippen LogP contribution in [0.15, 0.2) is 42.6 Å². The average Bonchev–Trinajstić information content (AvgIpc) is 3.29. The van der Waals surface area contributed by atoms with E-state index < -0.39 is 0 Å². The van der Waals surface area contributed by atoms with Crippen LogP contribution in [-0.4, -0.2) is 33.6 Å². The van der Waals surface area contributed by atoms with Crippen molar-refractivity contribution in [2.24, 2.45) is 5.92 Å². The maximum absolute atomic E-state index is 12.7. The number of fused-ring (bicyclic) bond motifs is 1. The molecule has 1 unspecified atom stereocenters.